The molecule has 8 heteroatoms. The number of carbonyl (C=O) groups is 4. The lowest BCUT2D eigenvalue weighted by Crippen LogP contribution is -2.06. The van der Waals surface area contributed by atoms with Crippen LogP contribution in [0.3, 0.4) is 0 Å². The van der Waals surface area contributed by atoms with Crippen LogP contribution < -0.4 is 0 Å². The summed E-state index contributed by atoms with van der Waals surface area (Å²) >= 11 is 0. The van der Waals surface area contributed by atoms with E-state index in [0.717, 1.165) is 37.5 Å². The summed E-state index contributed by atoms with van der Waals surface area (Å²) in [5, 5.41) is 33.7. The molecule has 8 nitrogen and oxygen atoms in total. The minimum atomic E-state index is -1.23. The highest BCUT2D eigenvalue weighted by Gasteiger charge is 2.13. The predicted molar refractivity (Wildman–Crippen MR) is 131 cm³/mol. The monoisotopic (exact) mass is 482 g/mol. The molecule has 1 aromatic rings. The van der Waals surface area contributed by atoms with E-state index >= 15 is 0 Å². The third kappa shape index (κ3) is 22.3. The first kappa shape index (κ1) is 33.3. The van der Waals surface area contributed by atoms with Gasteiger partial charge in [0.25, 0.3) is 0 Å². The third-order valence-corrected chi connectivity index (χ3v) is 4.73. The van der Waals surface area contributed by atoms with Gasteiger partial charge in [-0.3, -0.25) is 9.59 Å². The molecule has 1 rings (SSSR count). The van der Waals surface area contributed by atoms with Gasteiger partial charge in [0.15, 0.2) is 0 Å². The zero-order valence-electron chi connectivity index (χ0n) is 21.0. The second-order valence-electron chi connectivity index (χ2n) is 8.93. The zero-order valence-corrected chi connectivity index (χ0v) is 21.0. The molecular weight excluding hydrogens is 440 g/mol. The molecule has 0 aliphatic carbocycles. The highest BCUT2D eigenvalue weighted by molar-refractivity contribution is 6.01. The molecule has 0 heterocycles. The van der Waals surface area contributed by atoms with Gasteiger partial charge in [0.2, 0.25) is 0 Å². The molecule has 0 bridgehead atoms. The SMILES string of the molecule is CC(C)CCCCCC(=O)O.CC(C)CCCCCC(=O)O.O=C(O)c1ccccc1C(=O)O. The number of rotatable bonds is 14. The molecule has 1 aromatic carbocycles. The molecule has 0 unspecified atom stereocenters. The van der Waals surface area contributed by atoms with Gasteiger partial charge in [-0.2, -0.15) is 0 Å². The summed E-state index contributed by atoms with van der Waals surface area (Å²) in [6.07, 6.45) is 9.24. The van der Waals surface area contributed by atoms with E-state index in [4.69, 9.17) is 20.4 Å². The Morgan fingerprint density at radius 3 is 1.15 bits per heavy atom. The summed E-state index contributed by atoms with van der Waals surface area (Å²) < 4.78 is 0. The van der Waals surface area contributed by atoms with Crippen molar-refractivity contribution in [2.24, 2.45) is 11.8 Å². The number of hydrogen-bond donors (Lipinski definition) is 4. The summed E-state index contributed by atoms with van der Waals surface area (Å²) in [7, 11) is 0. The van der Waals surface area contributed by atoms with Gasteiger partial charge in [-0.1, -0.05) is 78.4 Å². The van der Waals surface area contributed by atoms with Crippen LogP contribution in [0.4, 0.5) is 0 Å². The van der Waals surface area contributed by atoms with Gasteiger partial charge in [0.05, 0.1) is 11.1 Å². The quantitative estimate of drug-likeness (QED) is 0.221. The van der Waals surface area contributed by atoms with E-state index in [0.29, 0.717) is 12.8 Å². The fraction of sp³-hybridized carbons (Fsp3) is 0.615. The average Bonchev–Trinajstić information content (AvgIpc) is 2.73. The van der Waals surface area contributed by atoms with Crippen molar-refractivity contribution in [1.82, 2.24) is 0 Å². The molecule has 0 fully saturated rings. The first-order chi connectivity index (χ1) is 15.9. The van der Waals surface area contributed by atoms with Crippen molar-refractivity contribution >= 4 is 23.9 Å². The fourth-order valence-electron chi connectivity index (χ4n) is 2.87. The van der Waals surface area contributed by atoms with Crippen LogP contribution in [0.25, 0.3) is 0 Å². The Hall–Kier alpha value is -2.90. The van der Waals surface area contributed by atoms with Crippen LogP contribution in [0.5, 0.6) is 0 Å². The van der Waals surface area contributed by atoms with Crippen LogP contribution in [-0.4, -0.2) is 44.3 Å². The Balaban J connectivity index is 0. The Kier molecular flexibility index (Phi) is 20.2. The maximum atomic E-state index is 10.5. The number of aliphatic carboxylic acids is 2. The Morgan fingerprint density at radius 1 is 0.588 bits per heavy atom. The Bertz CT molecular complexity index is 664. The molecular formula is C26H42O8. The zero-order chi connectivity index (χ0) is 26.5. The molecule has 34 heavy (non-hydrogen) atoms. The lowest BCUT2D eigenvalue weighted by molar-refractivity contribution is -0.138. The molecule has 0 aliphatic heterocycles. The van der Waals surface area contributed by atoms with Crippen LogP contribution in [0.1, 0.15) is 113 Å². The molecule has 4 N–H and O–H groups in total. The number of carboxylic acids is 4. The van der Waals surface area contributed by atoms with Gasteiger partial charge in [0.1, 0.15) is 0 Å². The lowest BCUT2D eigenvalue weighted by atomic mass is 10.0. The van der Waals surface area contributed by atoms with E-state index in [1.54, 1.807) is 0 Å². The van der Waals surface area contributed by atoms with E-state index in [2.05, 4.69) is 27.7 Å². The standard InChI is InChI=1S/2C9H18O2.C8H6O4/c2*1-8(2)6-4-3-5-7-9(10)11;9-7(10)5-3-1-2-4-6(5)8(11)12/h2*8H,3-7H2,1-2H3,(H,10,11);1-4H,(H,9,10)(H,11,12). The highest BCUT2D eigenvalue weighted by Crippen LogP contribution is 2.10. The number of benzene rings is 1. The van der Waals surface area contributed by atoms with Crippen molar-refractivity contribution in [2.45, 2.75) is 91.9 Å². The van der Waals surface area contributed by atoms with Crippen molar-refractivity contribution in [3.63, 3.8) is 0 Å². The van der Waals surface area contributed by atoms with Crippen LogP contribution in [0.15, 0.2) is 24.3 Å². The molecule has 0 aromatic heterocycles. The minimum Gasteiger partial charge on any atom is -0.481 e. The van der Waals surface area contributed by atoms with E-state index in [1.165, 1.54) is 49.9 Å². The summed E-state index contributed by atoms with van der Waals surface area (Å²) in [5.74, 6) is -2.30. The fourth-order valence-corrected chi connectivity index (χ4v) is 2.87. The maximum Gasteiger partial charge on any atom is 0.336 e. The largest absolute Gasteiger partial charge is 0.481 e. The van der Waals surface area contributed by atoms with Crippen LogP contribution in [0.2, 0.25) is 0 Å². The van der Waals surface area contributed by atoms with Crippen LogP contribution in [0, 0.1) is 11.8 Å². The van der Waals surface area contributed by atoms with Gasteiger partial charge >= 0.3 is 23.9 Å². The normalized spacial score (nSPS) is 10.1. The topological polar surface area (TPSA) is 149 Å². The van der Waals surface area contributed by atoms with Gasteiger partial charge in [-0.25, -0.2) is 9.59 Å². The van der Waals surface area contributed by atoms with E-state index in [9.17, 15) is 19.2 Å². The van der Waals surface area contributed by atoms with E-state index in [-0.39, 0.29) is 11.1 Å². The van der Waals surface area contributed by atoms with Gasteiger partial charge < -0.3 is 20.4 Å². The van der Waals surface area contributed by atoms with Crippen molar-refractivity contribution < 1.29 is 39.6 Å². The Labute approximate surface area is 203 Å². The van der Waals surface area contributed by atoms with E-state index in [1.807, 2.05) is 0 Å². The van der Waals surface area contributed by atoms with Gasteiger partial charge in [-0.15, -0.1) is 0 Å². The molecule has 194 valence electrons. The van der Waals surface area contributed by atoms with Crippen molar-refractivity contribution in [3.8, 4) is 0 Å². The van der Waals surface area contributed by atoms with Crippen molar-refractivity contribution in [1.29, 1.82) is 0 Å². The molecule has 0 amide bonds. The van der Waals surface area contributed by atoms with Crippen molar-refractivity contribution in [2.75, 3.05) is 0 Å². The lowest BCUT2D eigenvalue weighted by Gasteiger charge is -2.02. The molecule has 0 saturated heterocycles. The summed E-state index contributed by atoms with van der Waals surface area (Å²) in [5.41, 5.74) is -0.380. The second kappa shape index (κ2) is 20.7. The Morgan fingerprint density at radius 2 is 0.912 bits per heavy atom. The number of hydrogen-bond acceptors (Lipinski definition) is 4. The predicted octanol–water partition coefficient (Wildman–Crippen LogP) is 6.44. The number of unbranched alkanes of at least 4 members (excludes halogenated alkanes) is 4. The minimum absolute atomic E-state index is 0.190. The van der Waals surface area contributed by atoms with Gasteiger partial charge in [0, 0.05) is 12.8 Å². The summed E-state index contributed by atoms with van der Waals surface area (Å²) in [4.78, 5) is 41.1. The molecule has 0 radical (unpaired) electrons. The van der Waals surface area contributed by atoms with Crippen LogP contribution in [-0.2, 0) is 9.59 Å². The number of aromatic carboxylic acids is 2. The van der Waals surface area contributed by atoms with Crippen LogP contribution >= 0.6 is 0 Å². The molecule has 0 spiro atoms. The first-order valence-electron chi connectivity index (χ1n) is 11.9. The van der Waals surface area contributed by atoms with Crippen molar-refractivity contribution in [3.05, 3.63) is 35.4 Å². The first-order valence-corrected chi connectivity index (χ1v) is 11.9. The highest BCUT2D eigenvalue weighted by atomic mass is 16.4. The average molecular weight is 483 g/mol. The summed E-state index contributed by atoms with van der Waals surface area (Å²) in [6.45, 7) is 8.77. The summed E-state index contributed by atoms with van der Waals surface area (Å²) in [6, 6.07) is 5.48. The molecule has 0 aliphatic rings. The molecule has 0 atom stereocenters. The number of carboxylic acid groups (broad SMARTS) is 4. The smallest absolute Gasteiger partial charge is 0.336 e. The third-order valence-electron chi connectivity index (χ3n) is 4.73. The molecule has 0 saturated carbocycles. The second-order valence-corrected chi connectivity index (χ2v) is 8.93. The van der Waals surface area contributed by atoms with Gasteiger partial charge in [-0.05, 0) is 36.8 Å². The van der Waals surface area contributed by atoms with E-state index < -0.39 is 23.9 Å². The maximum absolute atomic E-state index is 10.5.